The summed E-state index contributed by atoms with van der Waals surface area (Å²) in [5, 5.41) is 1.10. The molecule has 0 radical (unpaired) electrons. The summed E-state index contributed by atoms with van der Waals surface area (Å²) in [6, 6.07) is 7.38. The molecule has 0 aliphatic carbocycles. The van der Waals surface area contributed by atoms with Crippen molar-refractivity contribution in [3.05, 3.63) is 56.7 Å². The highest BCUT2D eigenvalue weighted by Crippen LogP contribution is 2.35. The summed E-state index contributed by atoms with van der Waals surface area (Å²) in [4.78, 5) is 39.6. The Kier molecular flexibility index (Phi) is 4.98. The van der Waals surface area contributed by atoms with E-state index >= 15 is 0 Å². The van der Waals surface area contributed by atoms with E-state index in [0.717, 1.165) is 10.1 Å². The molecule has 7 heteroatoms. The number of rotatable bonds is 5. The third kappa shape index (κ3) is 3.18. The Balaban J connectivity index is 1.77. The van der Waals surface area contributed by atoms with Crippen LogP contribution in [0.3, 0.4) is 0 Å². The number of thiophene rings is 1. The first-order chi connectivity index (χ1) is 12.3. The van der Waals surface area contributed by atoms with Crippen molar-refractivity contribution in [2.24, 2.45) is 0 Å². The number of halogens is 1. The lowest BCUT2D eigenvalue weighted by Crippen LogP contribution is -2.15. The van der Waals surface area contributed by atoms with Crippen molar-refractivity contribution in [3.63, 3.8) is 0 Å². The maximum Gasteiger partial charge on any atom is 0.350 e. The van der Waals surface area contributed by atoms with Crippen LogP contribution < -0.4 is 0 Å². The average Bonchev–Trinajstić information content (AvgIpc) is 3.09. The number of ketones is 2. The standard InChI is InChI=1S/C19H16ClNO4S/c1-9-15(11(3)22)10(2)21-17(9)13(23)8-25-19(24)18-16(20)12-6-4-5-7-14(12)26-18/h4-7,21H,8H2,1-3H3. The molecule has 5 nitrogen and oxygen atoms in total. The lowest BCUT2D eigenvalue weighted by molar-refractivity contribution is 0.0478. The Morgan fingerprint density at radius 1 is 1.19 bits per heavy atom. The molecular weight excluding hydrogens is 374 g/mol. The molecule has 3 aromatic rings. The Morgan fingerprint density at radius 3 is 2.50 bits per heavy atom. The Morgan fingerprint density at radius 2 is 1.88 bits per heavy atom. The molecule has 1 N–H and O–H groups in total. The molecule has 0 aliphatic rings. The number of hydrogen-bond acceptors (Lipinski definition) is 5. The smallest absolute Gasteiger partial charge is 0.350 e. The average molecular weight is 390 g/mol. The zero-order valence-corrected chi connectivity index (χ0v) is 16.0. The fourth-order valence-corrected chi connectivity index (χ4v) is 4.37. The van der Waals surface area contributed by atoms with Gasteiger partial charge >= 0.3 is 5.97 Å². The van der Waals surface area contributed by atoms with Crippen LogP contribution >= 0.6 is 22.9 Å². The number of ether oxygens (including phenoxy) is 1. The first-order valence-corrected chi connectivity index (χ1v) is 9.08. The van der Waals surface area contributed by atoms with Gasteiger partial charge in [-0.25, -0.2) is 4.79 Å². The van der Waals surface area contributed by atoms with E-state index in [0.29, 0.717) is 21.8 Å². The van der Waals surface area contributed by atoms with Gasteiger partial charge in [0.2, 0.25) is 5.78 Å². The van der Waals surface area contributed by atoms with Crippen LogP contribution in [0.2, 0.25) is 5.02 Å². The van der Waals surface area contributed by atoms with Crippen LogP contribution in [0.4, 0.5) is 0 Å². The minimum absolute atomic E-state index is 0.121. The van der Waals surface area contributed by atoms with Crippen molar-refractivity contribution in [1.82, 2.24) is 4.98 Å². The van der Waals surface area contributed by atoms with Crippen molar-refractivity contribution in [1.29, 1.82) is 0 Å². The van der Waals surface area contributed by atoms with Gasteiger partial charge in [-0.2, -0.15) is 0 Å². The van der Waals surface area contributed by atoms with Crippen molar-refractivity contribution < 1.29 is 19.1 Å². The predicted molar refractivity (Wildman–Crippen MR) is 102 cm³/mol. The minimum atomic E-state index is -0.641. The fraction of sp³-hybridized carbons (Fsp3) is 0.211. The van der Waals surface area contributed by atoms with Gasteiger partial charge in [0.05, 0.1) is 10.7 Å². The van der Waals surface area contributed by atoms with Crippen LogP contribution in [-0.4, -0.2) is 29.1 Å². The quantitative estimate of drug-likeness (QED) is 0.505. The van der Waals surface area contributed by atoms with Crippen molar-refractivity contribution in [2.45, 2.75) is 20.8 Å². The van der Waals surface area contributed by atoms with Gasteiger partial charge in [0.25, 0.3) is 0 Å². The number of aryl methyl sites for hydroxylation is 1. The summed E-state index contributed by atoms with van der Waals surface area (Å²) < 4.78 is 6.02. The van der Waals surface area contributed by atoms with Gasteiger partial charge in [0.15, 0.2) is 12.4 Å². The highest BCUT2D eigenvalue weighted by Gasteiger charge is 2.23. The summed E-state index contributed by atoms with van der Waals surface area (Å²) in [5.74, 6) is -1.16. The number of nitrogens with one attached hydrogen (secondary N) is 1. The summed E-state index contributed by atoms with van der Waals surface area (Å²) in [6.07, 6.45) is 0. The van der Waals surface area contributed by atoms with E-state index in [9.17, 15) is 14.4 Å². The number of carbonyl (C=O) groups is 3. The second-order valence-electron chi connectivity index (χ2n) is 5.92. The molecule has 3 rings (SSSR count). The zero-order chi connectivity index (χ0) is 19.0. The largest absolute Gasteiger partial charge is 0.453 e. The van der Waals surface area contributed by atoms with E-state index < -0.39 is 18.4 Å². The number of aromatic nitrogens is 1. The second kappa shape index (κ2) is 7.05. The van der Waals surface area contributed by atoms with E-state index in [1.54, 1.807) is 13.8 Å². The Labute approximate surface area is 158 Å². The summed E-state index contributed by atoms with van der Waals surface area (Å²) in [7, 11) is 0. The Hall–Kier alpha value is -2.44. The van der Waals surface area contributed by atoms with Crippen LogP contribution in [0.5, 0.6) is 0 Å². The third-order valence-corrected chi connectivity index (χ3v) is 5.78. The Bertz CT molecular complexity index is 1050. The molecule has 0 amide bonds. The summed E-state index contributed by atoms with van der Waals surface area (Å²) >= 11 is 7.47. The van der Waals surface area contributed by atoms with Gasteiger partial charge in [-0.05, 0) is 32.4 Å². The molecule has 0 spiro atoms. The second-order valence-corrected chi connectivity index (χ2v) is 7.35. The number of fused-ring (bicyclic) bond motifs is 1. The van der Waals surface area contributed by atoms with E-state index in [1.807, 2.05) is 24.3 Å². The number of benzene rings is 1. The first-order valence-electron chi connectivity index (χ1n) is 7.88. The molecule has 0 fully saturated rings. The molecule has 0 atom stereocenters. The van der Waals surface area contributed by atoms with Crippen LogP contribution in [0, 0.1) is 13.8 Å². The molecule has 0 saturated carbocycles. The number of Topliss-reactive ketones (excluding diaryl/α,β-unsaturated/α-hetero) is 2. The van der Waals surface area contributed by atoms with E-state index in [1.165, 1.54) is 18.3 Å². The van der Waals surface area contributed by atoms with Crippen LogP contribution in [-0.2, 0) is 4.74 Å². The van der Waals surface area contributed by atoms with Crippen molar-refractivity contribution in [2.75, 3.05) is 6.61 Å². The highest BCUT2D eigenvalue weighted by atomic mass is 35.5. The number of esters is 1. The number of H-pyrrole nitrogens is 1. The molecule has 26 heavy (non-hydrogen) atoms. The van der Waals surface area contributed by atoms with Gasteiger partial charge in [-0.3, -0.25) is 9.59 Å². The van der Waals surface area contributed by atoms with Crippen LogP contribution in [0.1, 0.15) is 48.7 Å². The van der Waals surface area contributed by atoms with E-state index in [-0.39, 0.29) is 16.4 Å². The molecule has 2 aromatic heterocycles. The molecule has 0 unspecified atom stereocenters. The maximum atomic E-state index is 12.4. The number of aromatic amines is 1. The molecule has 2 heterocycles. The molecule has 1 aromatic carbocycles. The zero-order valence-electron chi connectivity index (χ0n) is 14.4. The SMILES string of the molecule is CC(=O)c1c(C)[nH]c(C(=O)COC(=O)c2sc3ccccc3c2Cl)c1C. The van der Waals surface area contributed by atoms with Gasteiger partial charge in [0, 0.05) is 21.3 Å². The monoisotopic (exact) mass is 389 g/mol. The normalized spacial score (nSPS) is 10.9. The van der Waals surface area contributed by atoms with Gasteiger partial charge in [-0.1, -0.05) is 29.8 Å². The predicted octanol–water partition coefficient (Wildman–Crippen LogP) is 4.74. The molecule has 0 aliphatic heterocycles. The molecule has 0 saturated heterocycles. The molecule has 0 bridgehead atoms. The maximum absolute atomic E-state index is 12.4. The topological polar surface area (TPSA) is 76.2 Å². The fourth-order valence-electron chi connectivity index (χ4n) is 2.97. The third-order valence-electron chi connectivity index (χ3n) is 4.12. The van der Waals surface area contributed by atoms with Crippen LogP contribution in [0.25, 0.3) is 10.1 Å². The minimum Gasteiger partial charge on any atom is -0.453 e. The van der Waals surface area contributed by atoms with Crippen molar-refractivity contribution >= 4 is 50.6 Å². The van der Waals surface area contributed by atoms with Crippen molar-refractivity contribution in [3.8, 4) is 0 Å². The highest BCUT2D eigenvalue weighted by molar-refractivity contribution is 7.21. The summed E-state index contributed by atoms with van der Waals surface area (Å²) in [6.45, 7) is 4.43. The van der Waals surface area contributed by atoms with E-state index in [2.05, 4.69) is 4.98 Å². The lowest BCUT2D eigenvalue weighted by atomic mass is 10.1. The van der Waals surface area contributed by atoms with Crippen LogP contribution in [0.15, 0.2) is 24.3 Å². The lowest BCUT2D eigenvalue weighted by Gasteiger charge is -2.03. The first kappa shape index (κ1) is 18.4. The molecular formula is C19H16ClNO4S. The number of carbonyl (C=O) groups excluding carboxylic acids is 3. The molecule has 134 valence electrons. The van der Waals surface area contributed by atoms with Gasteiger partial charge in [-0.15, -0.1) is 11.3 Å². The summed E-state index contributed by atoms with van der Waals surface area (Å²) in [5.41, 5.74) is 1.96. The van der Waals surface area contributed by atoms with Gasteiger partial charge in [0.1, 0.15) is 4.88 Å². The van der Waals surface area contributed by atoms with Gasteiger partial charge < -0.3 is 9.72 Å². The van der Waals surface area contributed by atoms with E-state index in [4.69, 9.17) is 16.3 Å². The number of hydrogen-bond donors (Lipinski definition) is 1.